The van der Waals surface area contributed by atoms with Gasteiger partial charge in [0, 0.05) is 5.56 Å². The molecule has 0 amide bonds. The molecule has 1 aromatic rings. The van der Waals surface area contributed by atoms with Gasteiger partial charge in [-0.15, -0.1) is 0 Å². The largest absolute Gasteiger partial charge is 0.501 e. The summed E-state index contributed by atoms with van der Waals surface area (Å²) in [6.07, 6.45) is 3.20. The fraction of sp³-hybridized carbons (Fsp3) is 0.333. The average Bonchev–Trinajstić information content (AvgIpc) is 2.25. The highest BCUT2D eigenvalue weighted by Crippen LogP contribution is 2.36. The average molecular weight is 292 g/mol. The molecule has 0 saturated carbocycles. The summed E-state index contributed by atoms with van der Waals surface area (Å²) < 4.78 is 65.4. The summed E-state index contributed by atoms with van der Waals surface area (Å²) in [6.45, 7) is 3.57. The van der Waals surface area contributed by atoms with Crippen molar-refractivity contribution in [2.45, 2.75) is 29.9 Å². The second kappa shape index (κ2) is 4.00. The number of rotatable bonds is 1. The van der Waals surface area contributed by atoms with E-state index in [2.05, 4.69) is 0 Å². The van der Waals surface area contributed by atoms with E-state index in [-0.39, 0.29) is 0 Å². The van der Waals surface area contributed by atoms with Crippen LogP contribution in [0, 0.1) is 0 Å². The fourth-order valence-electron chi connectivity index (χ4n) is 1.66. The Morgan fingerprint density at radius 3 is 2.42 bits per heavy atom. The van der Waals surface area contributed by atoms with Crippen LogP contribution in [-0.4, -0.2) is 19.5 Å². The van der Waals surface area contributed by atoms with E-state index in [1.54, 1.807) is 26.0 Å². The lowest BCUT2D eigenvalue weighted by Gasteiger charge is -2.28. The van der Waals surface area contributed by atoms with Gasteiger partial charge in [-0.1, -0.05) is 6.08 Å². The second-order valence-corrected chi connectivity index (χ2v) is 6.63. The Balaban J connectivity index is 2.51. The maximum atomic E-state index is 12.4. The van der Waals surface area contributed by atoms with Crippen molar-refractivity contribution in [3.63, 3.8) is 0 Å². The van der Waals surface area contributed by atoms with Gasteiger partial charge in [-0.05, 0) is 38.1 Å². The molecular weight excluding hydrogens is 281 g/mol. The lowest BCUT2D eigenvalue weighted by Crippen LogP contribution is -2.28. The molecule has 0 unspecified atom stereocenters. The van der Waals surface area contributed by atoms with Crippen LogP contribution in [0.15, 0.2) is 29.2 Å². The van der Waals surface area contributed by atoms with Gasteiger partial charge in [0.2, 0.25) is 0 Å². The first-order valence-electron chi connectivity index (χ1n) is 5.37. The zero-order chi connectivity index (χ0) is 14.5. The molecule has 104 valence electrons. The molecule has 0 aromatic heterocycles. The van der Waals surface area contributed by atoms with Gasteiger partial charge in [0.05, 0.1) is 4.90 Å². The van der Waals surface area contributed by atoms with Crippen LogP contribution in [0.2, 0.25) is 0 Å². The third-order valence-electron chi connectivity index (χ3n) is 2.63. The molecule has 1 aromatic carbocycles. The van der Waals surface area contributed by atoms with Crippen LogP contribution >= 0.6 is 0 Å². The third-order valence-corrected chi connectivity index (χ3v) is 4.12. The van der Waals surface area contributed by atoms with E-state index in [0.717, 1.165) is 12.1 Å². The molecule has 19 heavy (non-hydrogen) atoms. The number of benzene rings is 1. The highest BCUT2D eigenvalue weighted by atomic mass is 32.2. The first kappa shape index (κ1) is 13.9. The Morgan fingerprint density at radius 2 is 1.84 bits per heavy atom. The number of hydrogen-bond donors (Lipinski definition) is 0. The van der Waals surface area contributed by atoms with E-state index >= 15 is 0 Å². The van der Waals surface area contributed by atoms with E-state index in [1.165, 1.54) is 6.07 Å². The van der Waals surface area contributed by atoms with Gasteiger partial charge in [-0.3, -0.25) is 0 Å². The SMILES string of the molecule is CC1(C)C=Cc2cc(S(=O)(=O)C(F)(F)F)ccc2O1. The molecule has 0 N–H and O–H groups in total. The van der Waals surface area contributed by atoms with Gasteiger partial charge in [-0.2, -0.15) is 13.2 Å². The molecule has 0 radical (unpaired) electrons. The predicted molar refractivity (Wildman–Crippen MR) is 63.4 cm³/mol. The van der Waals surface area contributed by atoms with Crippen molar-refractivity contribution in [3.8, 4) is 5.75 Å². The zero-order valence-electron chi connectivity index (χ0n) is 10.2. The molecule has 7 heteroatoms. The first-order chi connectivity index (χ1) is 8.53. The van der Waals surface area contributed by atoms with Crippen molar-refractivity contribution in [1.82, 2.24) is 0 Å². The summed E-state index contributed by atoms with van der Waals surface area (Å²) >= 11 is 0. The molecule has 1 aliphatic heterocycles. The lowest BCUT2D eigenvalue weighted by atomic mass is 10.0. The van der Waals surface area contributed by atoms with E-state index in [9.17, 15) is 21.6 Å². The molecular formula is C12H11F3O3S. The summed E-state index contributed by atoms with van der Waals surface area (Å²) in [6, 6.07) is 3.10. The Bertz CT molecular complexity index is 643. The van der Waals surface area contributed by atoms with Gasteiger partial charge >= 0.3 is 5.51 Å². The maximum absolute atomic E-state index is 12.4. The van der Waals surface area contributed by atoms with Crippen LogP contribution in [0.1, 0.15) is 19.4 Å². The molecule has 3 nitrogen and oxygen atoms in total. The minimum Gasteiger partial charge on any atom is -0.483 e. The summed E-state index contributed by atoms with van der Waals surface area (Å²) in [7, 11) is -5.33. The van der Waals surface area contributed by atoms with E-state index in [1.807, 2.05) is 0 Å². The molecule has 1 heterocycles. The molecule has 1 aliphatic rings. The summed E-state index contributed by atoms with van der Waals surface area (Å²) in [5.41, 5.74) is -5.57. The number of fused-ring (bicyclic) bond motifs is 1. The Morgan fingerprint density at radius 1 is 1.21 bits per heavy atom. The topological polar surface area (TPSA) is 43.4 Å². The molecule has 0 fully saturated rings. The van der Waals surface area contributed by atoms with Crippen molar-refractivity contribution in [3.05, 3.63) is 29.8 Å². The molecule has 0 spiro atoms. The third kappa shape index (κ3) is 2.47. The van der Waals surface area contributed by atoms with Crippen LogP contribution in [0.25, 0.3) is 6.08 Å². The Labute approximate surface area is 108 Å². The second-order valence-electron chi connectivity index (χ2n) is 4.69. The number of ether oxygens (including phenoxy) is 1. The number of sulfone groups is 1. The molecule has 2 rings (SSSR count). The van der Waals surface area contributed by atoms with E-state index in [4.69, 9.17) is 4.74 Å². The van der Waals surface area contributed by atoms with Crippen LogP contribution in [-0.2, 0) is 9.84 Å². The smallest absolute Gasteiger partial charge is 0.483 e. The molecule has 0 aliphatic carbocycles. The van der Waals surface area contributed by atoms with Gasteiger partial charge < -0.3 is 4.74 Å². The number of hydrogen-bond acceptors (Lipinski definition) is 3. The molecule has 0 atom stereocenters. The first-order valence-corrected chi connectivity index (χ1v) is 6.85. The maximum Gasteiger partial charge on any atom is 0.501 e. The van der Waals surface area contributed by atoms with Crippen LogP contribution in [0.3, 0.4) is 0 Å². The lowest BCUT2D eigenvalue weighted by molar-refractivity contribution is -0.0436. The Kier molecular flexibility index (Phi) is 2.93. The quantitative estimate of drug-likeness (QED) is 0.798. The van der Waals surface area contributed by atoms with Crippen molar-refractivity contribution in [2.24, 2.45) is 0 Å². The van der Waals surface area contributed by atoms with Crippen molar-refractivity contribution in [2.75, 3.05) is 0 Å². The van der Waals surface area contributed by atoms with Crippen LogP contribution in [0.5, 0.6) is 5.75 Å². The van der Waals surface area contributed by atoms with Crippen molar-refractivity contribution in [1.29, 1.82) is 0 Å². The zero-order valence-corrected chi connectivity index (χ0v) is 11.0. The summed E-state index contributed by atoms with van der Waals surface area (Å²) in [5.74, 6) is 0.355. The van der Waals surface area contributed by atoms with Crippen LogP contribution in [0.4, 0.5) is 13.2 Å². The van der Waals surface area contributed by atoms with E-state index in [0.29, 0.717) is 11.3 Å². The normalized spacial score (nSPS) is 17.7. The number of halogens is 3. The predicted octanol–water partition coefficient (Wildman–Crippen LogP) is 3.16. The monoisotopic (exact) mass is 292 g/mol. The minimum atomic E-state index is -5.33. The molecule has 0 bridgehead atoms. The Hall–Kier alpha value is -1.50. The standard InChI is InChI=1S/C12H11F3O3S/c1-11(2)6-5-8-7-9(3-4-10(8)18-11)19(16,17)12(13,14)15/h3-7H,1-2H3. The fourth-order valence-corrected chi connectivity index (χ4v) is 2.45. The summed E-state index contributed by atoms with van der Waals surface area (Å²) in [4.78, 5) is -0.785. The minimum absolute atomic E-state index is 0.310. The highest BCUT2D eigenvalue weighted by molar-refractivity contribution is 7.92. The summed E-state index contributed by atoms with van der Waals surface area (Å²) in [5, 5.41) is 0. The van der Waals surface area contributed by atoms with Gasteiger partial charge in [0.15, 0.2) is 0 Å². The van der Waals surface area contributed by atoms with E-state index < -0.39 is 25.8 Å². The van der Waals surface area contributed by atoms with Crippen molar-refractivity contribution >= 4 is 15.9 Å². The van der Waals surface area contributed by atoms with Crippen molar-refractivity contribution < 1.29 is 26.3 Å². The highest BCUT2D eigenvalue weighted by Gasteiger charge is 2.47. The molecule has 0 saturated heterocycles. The number of alkyl halides is 3. The van der Waals surface area contributed by atoms with Gasteiger partial charge in [0.25, 0.3) is 9.84 Å². The van der Waals surface area contributed by atoms with Gasteiger partial charge in [0.1, 0.15) is 11.4 Å². The van der Waals surface area contributed by atoms with Crippen LogP contribution < -0.4 is 4.74 Å². The van der Waals surface area contributed by atoms with Gasteiger partial charge in [-0.25, -0.2) is 8.42 Å².